The molecule has 0 fully saturated rings. The minimum atomic E-state index is -0.340. The highest BCUT2D eigenvalue weighted by molar-refractivity contribution is 5.85. The number of halogens is 1. The fourth-order valence-electron chi connectivity index (χ4n) is 1.68. The predicted octanol–water partition coefficient (Wildman–Crippen LogP) is 3.59. The van der Waals surface area contributed by atoms with Crippen molar-refractivity contribution in [3.63, 3.8) is 0 Å². The van der Waals surface area contributed by atoms with E-state index < -0.39 is 0 Å². The first-order valence-electron chi connectivity index (χ1n) is 6.46. The summed E-state index contributed by atoms with van der Waals surface area (Å²) in [6.07, 6.45) is 0.284. The number of anilines is 1. The summed E-state index contributed by atoms with van der Waals surface area (Å²) in [5.74, 6) is 0.415. The van der Waals surface area contributed by atoms with Crippen LogP contribution in [0.15, 0.2) is 48.5 Å². The van der Waals surface area contributed by atoms with Crippen molar-refractivity contribution in [1.29, 1.82) is 0 Å². The summed E-state index contributed by atoms with van der Waals surface area (Å²) >= 11 is 0. The monoisotopic (exact) mass is 307 g/mol. The van der Waals surface area contributed by atoms with Crippen LogP contribution in [0.25, 0.3) is 0 Å². The number of ether oxygens (including phenoxy) is 2. The number of rotatable bonds is 5. The summed E-state index contributed by atoms with van der Waals surface area (Å²) in [4.78, 5) is 11.4. The Balaban J connectivity index is 0.00000220. The van der Waals surface area contributed by atoms with Crippen LogP contribution in [0, 0.1) is 0 Å². The molecular weight excluding hydrogens is 290 g/mol. The SMILES string of the molecule is CCC(=O)Oc1c(N)cccc1OCc1ccccc1.Cl. The van der Waals surface area contributed by atoms with Gasteiger partial charge < -0.3 is 15.2 Å². The largest absolute Gasteiger partial charge is 0.485 e. The number of nitrogens with two attached hydrogens (primary N) is 1. The lowest BCUT2D eigenvalue weighted by atomic mass is 10.2. The van der Waals surface area contributed by atoms with Gasteiger partial charge in [0.15, 0.2) is 11.5 Å². The van der Waals surface area contributed by atoms with Crippen molar-refractivity contribution >= 4 is 24.1 Å². The molecule has 2 aromatic carbocycles. The molecule has 0 spiro atoms. The Morgan fingerprint density at radius 2 is 1.81 bits per heavy atom. The Kier molecular flexibility index (Phi) is 6.56. The molecule has 0 aromatic heterocycles. The van der Waals surface area contributed by atoms with E-state index in [0.717, 1.165) is 5.56 Å². The Hall–Kier alpha value is -2.20. The highest BCUT2D eigenvalue weighted by atomic mass is 35.5. The van der Waals surface area contributed by atoms with Gasteiger partial charge in [0.2, 0.25) is 0 Å². The summed E-state index contributed by atoms with van der Waals surface area (Å²) in [6.45, 7) is 2.12. The van der Waals surface area contributed by atoms with Crippen molar-refractivity contribution < 1.29 is 14.3 Å². The second kappa shape index (κ2) is 8.17. The van der Waals surface area contributed by atoms with Gasteiger partial charge in [-0.3, -0.25) is 4.79 Å². The first kappa shape index (κ1) is 16.9. The van der Waals surface area contributed by atoms with E-state index in [0.29, 0.717) is 18.0 Å². The molecule has 0 bridgehead atoms. The number of hydrogen-bond donors (Lipinski definition) is 1. The molecule has 0 atom stereocenters. The fourth-order valence-corrected chi connectivity index (χ4v) is 1.68. The smallest absolute Gasteiger partial charge is 0.311 e. The van der Waals surface area contributed by atoms with Crippen molar-refractivity contribution in [3.8, 4) is 11.5 Å². The minimum absolute atomic E-state index is 0. The van der Waals surface area contributed by atoms with E-state index in [4.69, 9.17) is 15.2 Å². The van der Waals surface area contributed by atoms with Gasteiger partial charge in [0, 0.05) is 6.42 Å². The van der Waals surface area contributed by atoms with Gasteiger partial charge in [0.05, 0.1) is 5.69 Å². The molecule has 21 heavy (non-hydrogen) atoms. The topological polar surface area (TPSA) is 61.5 Å². The van der Waals surface area contributed by atoms with E-state index in [1.165, 1.54) is 0 Å². The maximum atomic E-state index is 11.4. The Labute approximate surface area is 130 Å². The molecule has 0 heterocycles. The van der Waals surface area contributed by atoms with E-state index in [-0.39, 0.29) is 30.5 Å². The molecular formula is C16H18ClNO3. The first-order chi connectivity index (χ1) is 9.70. The lowest BCUT2D eigenvalue weighted by Gasteiger charge is -2.13. The molecule has 0 saturated heterocycles. The molecule has 5 heteroatoms. The summed E-state index contributed by atoms with van der Waals surface area (Å²) in [5, 5.41) is 0. The molecule has 2 rings (SSSR count). The molecule has 0 aliphatic rings. The number of benzene rings is 2. The highest BCUT2D eigenvalue weighted by Gasteiger charge is 2.12. The number of nitrogen functional groups attached to an aromatic ring is 1. The average Bonchev–Trinajstić information content (AvgIpc) is 2.48. The maximum Gasteiger partial charge on any atom is 0.311 e. The first-order valence-corrected chi connectivity index (χ1v) is 6.46. The second-order valence-electron chi connectivity index (χ2n) is 4.28. The van der Waals surface area contributed by atoms with Crippen molar-refractivity contribution in [2.45, 2.75) is 20.0 Å². The second-order valence-corrected chi connectivity index (χ2v) is 4.28. The molecule has 112 valence electrons. The van der Waals surface area contributed by atoms with Gasteiger partial charge in [-0.15, -0.1) is 12.4 Å². The van der Waals surface area contributed by atoms with Crippen molar-refractivity contribution in [2.75, 3.05) is 5.73 Å². The third kappa shape index (κ3) is 4.68. The summed E-state index contributed by atoms with van der Waals surface area (Å²) < 4.78 is 10.9. The van der Waals surface area contributed by atoms with Gasteiger partial charge in [0.25, 0.3) is 0 Å². The molecule has 0 aliphatic heterocycles. The van der Waals surface area contributed by atoms with E-state index in [9.17, 15) is 4.79 Å². The van der Waals surface area contributed by atoms with Gasteiger partial charge in [-0.05, 0) is 17.7 Å². The Morgan fingerprint density at radius 1 is 1.10 bits per heavy atom. The molecule has 0 saturated carbocycles. The molecule has 2 aromatic rings. The lowest BCUT2D eigenvalue weighted by molar-refractivity contribution is -0.134. The van der Waals surface area contributed by atoms with Crippen molar-refractivity contribution in [3.05, 3.63) is 54.1 Å². The number of para-hydroxylation sites is 1. The Morgan fingerprint density at radius 3 is 2.48 bits per heavy atom. The zero-order valence-electron chi connectivity index (χ0n) is 11.7. The molecule has 0 aliphatic carbocycles. The fraction of sp³-hybridized carbons (Fsp3) is 0.188. The normalized spacial score (nSPS) is 9.57. The van der Waals surface area contributed by atoms with Crippen LogP contribution in [0.5, 0.6) is 11.5 Å². The zero-order chi connectivity index (χ0) is 14.4. The molecule has 0 radical (unpaired) electrons. The molecule has 2 N–H and O–H groups in total. The van der Waals surface area contributed by atoms with Crippen LogP contribution in [0.4, 0.5) is 5.69 Å². The van der Waals surface area contributed by atoms with Crippen LogP contribution in [-0.4, -0.2) is 5.97 Å². The van der Waals surface area contributed by atoms with Gasteiger partial charge >= 0.3 is 5.97 Å². The van der Waals surface area contributed by atoms with Gasteiger partial charge in [-0.1, -0.05) is 43.3 Å². The van der Waals surface area contributed by atoms with Gasteiger partial charge in [-0.2, -0.15) is 0 Å². The van der Waals surface area contributed by atoms with E-state index >= 15 is 0 Å². The summed E-state index contributed by atoms with van der Waals surface area (Å²) in [6, 6.07) is 14.9. The maximum absolute atomic E-state index is 11.4. The number of carbonyl (C=O) groups excluding carboxylic acids is 1. The van der Waals surface area contributed by atoms with E-state index in [1.807, 2.05) is 30.3 Å². The third-order valence-corrected chi connectivity index (χ3v) is 2.75. The van der Waals surface area contributed by atoms with Crippen LogP contribution >= 0.6 is 12.4 Å². The van der Waals surface area contributed by atoms with Crippen molar-refractivity contribution in [2.24, 2.45) is 0 Å². The highest BCUT2D eigenvalue weighted by Crippen LogP contribution is 2.34. The molecule has 0 amide bonds. The van der Waals surface area contributed by atoms with E-state index in [1.54, 1.807) is 25.1 Å². The standard InChI is InChI=1S/C16H17NO3.ClH/c1-2-15(18)20-16-13(17)9-6-10-14(16)19-11-12-7-4-3-5-8-12;/h3-10H,2,11,17H2,1H3;1H. The lowest BCUT2D eigenvalue weighted by Crippen LogP contribution is -2.09. The van der Waals surface area contributed by atoms with Crippen LogP contribution in [0.3, 0.4) is 0 Å². The summed E-state index contributed by atoms with van der Waals surface area (Å²) in [7, 11) is 0. The number of hydrogen-bond acceptors (Lipinski definition) is 4. The van der Waals surface area contributed by atoms with Crippen LogP contribution in [0.1, 0.15) is 18.9 Å². The van der Waals surface area contributed by atoms with Crippen LogP contribution < -0.4 is 15.2 Å². The molecule has 0 unspecified atom stereocenters. The van der Waals surface area contributed by atoms with Crippen molar-refractivity contribution in [1.82, 2.24) is 0 Å². The zero-order valence-corrected chi connectivity index (χ0v) is 12.6. The third-order valence-electron chi connectivity index (χ3n) is 2.75. The minimum Gasteiger partial charge on any atom is -0.485 e. The van der Waals surface area contributed by atoms with Crippen LogP contribution in [0.2, 0.25) is 0 Å². The van der Waals surface area contributed by atoms with Gasteiger partial charge in [-0.25, -0.2) is 0 Å². The summed E-state index contributed by atoms with van der Waals surface area (Å²) in [5.41, 5.74) is 7.25. The quantitative estimate of drug-likeness (QED) is 0.521. The number of carbonyl (C=O) groups is 1. The van der Waals surface area contributed by atoms with Crippen LogP contribution in [-0.2, 0) is 11.4 Å². The van der Waals surface area contributed by atoms with Gasteiger partial charge in [0.1, 0.15) is 6.61 Å². The van der Waals surface area contributed by atoms with E-state index in [2.05, 4.69) is 0 Å². The number of esters is 1. The predicted molar refractivity (Wildman–Crippen MR) is 84.8 cm³/mol. The Bertz CT molecular complexity index is 587. The molecule has 4 nitrogen and oxygen atoms in total. The average molecular weight is 308 g/mol.